The molecule has 1 aromatic rings. The quantitative estimate of drug-likeness (QED) is 0.219. The minimum absolute atomic E-state index is 0.00959. The Kier molecular flexibility index (Phi) is 9.60. The van der Waals surface area contributed by atoms with Crippen LogP contribution in [0.25, 0.3) is 0 Å². The van der Waals surface area contributed by atoms with Crippen molar-refractivity contribution in [2.75, 3.05) is 7.11 Å². The molecular formula is C26H35ClO4S. The molecule has 3 rings (SSSR count). The molecule has 0 saturated heterocycles. The number of halogens is 1. The van der Waals surface area contributed by atoms with Gasteiger partial charge in [0.25, 0.3) is 0 Å². The molecule has 0 radical (unpaired) electrons. The van der Waals surface area contributed by atoms with E-state index in [1.807, 2.05) is 6.07 Å². The molecule has 3 atom stereocenters. The number of unbranched alkanes of at least 4 members (excludes halogenated alkanes) is 1. The molecule has 0 bridgehead atoms. The Morgan fingerprint density at radius 3 is 2.81 bits per heavy atom. The Morgan fingerprint density at radius 1 is 1.34 bits per heavy atom. The highest BCUT2D eigenvalue weighted by atomic mass is 35.5. The summed E-state index contributed by atoms with van der Waals surface area (Å²) in [5.41, 5.74) is 1.18. The minimum Gasteiger partial charge on any atom is -0.469 e. The number of thiophene rings is 1. The minimum atomic E-state index is -0.392. The van der Waals surface area contributed by atoms with E-state index in [4.69, 9.17) is 11.6 Å². The standard InChI is InChI=1S/C26H35ClO4S/c1-31-25(30)11-5-3-2-4-8-19-12-14-22(28)21(19)9-6-10-23(29)26(16-7-17-26)18-20-13-15-24(27)32-20/h2,4,6,9,12-13,15,21-23,28-29H,3,5,7-8,10-11,14,16-18H2,1H3/t21-,22-,23?/m1/s1. The van der Waals surface area contributed by atoms with Crippen LogP contribution in [0.1, 0.15) is 62.7 Å². The number of carbonyl (C=O) groups excluding carboxylic acids is 1. The third-order valence-electron chi connectivity index (χ3n) is 6.88. The number of rotatable bonds is 12. The second-order valence-corrected chi connectivity index (χ2v) is 10.8. The maximum atomic E-state index is 11.1. The lowest BCUT2D eigenvalue weighted by atomic mass is 9.62. The van der Waals surface area contributed by atoms with Gasteiger partial charge in [-0.05, 0) is 63.5 Å². The molecule has 2 N–H and O–H groups in total. The normalized spacial score (nSPS) is 23.4. The van der Waals surface area contributed by atoms with Gasteiger partial charge in [0.15, 0.2) is 0 Å². The summed E-state index contributed by atoms with van der Waals surface area (Å²) in [7, 11) is 1.41. The van der Waals surface area contributed by atoms with Crippen LogP contribution in [0, 0.1) is 11.3 Å². The predicted molar refractivity (Wildman–Crippen MR) is 131 cm³/mol. The van der Waals surface area contributed by atoms with Crippen molar-refractivity contribution >= 4 is 28.9 Å². The third kappa shape index (κ3) is 6.80. The van der Waals surface area contributed by atoms with E-state index in [1.165, 1.54) is 24.0 Å². The number of esters is 1. The lowest BCUT2D eigenvalue weighted by Crippen LogP contribution is -2.42. The topological polar surface area (TPSA) is 66.8 Å². The van der Waals surface area contributed by atoms with E-state index in [2.05, 4.69) is 41.2 Å². The molecule has 2 aliphatic carbocycles. The molecule has 1 heterocycles. The van der Waals surface area contributed by atoms with Gasteiger partial charge in [-0.2, -0.15) is 0 Å². The molecule has 0 spiro atoms. The Bertz CT molecular complexity index is 837. The van der Waals surface area contributed by atoms with Gasteiger partial charge in [-0.3, -0.25) is 4.79 Å². The first-order valence-electron chi connectivity index (χ1n) is 11.6. The first-order chi connectivity index (χ1) is 15.4. The highest BCUT2D eigenvalue weighted by Crippen LogP contribution is 2.48. The molecule has 0 aliphatic heterocycles. The van der Waals surface area contributed by atoms with Crippen molar-refractivity contribution in [2.45, 2.75) is 76.4 Å². The summed E-state index contributed by atoms with van der Waals surface area (Å²) in [6, 6.07) is 4.01. The second-order valence-electron chi connectivity index (χ2n) is 9.03. The summed E-state index contributed by atoms with van der Waals surface area (Å²) in [5.74, 6) is -0.161. The maximum Gasteiger partial charge on any atom is 0.305 e. The molecule has 2 aliphatic rings. The fraction of sp³-hybridized carbons (Fsp3) is 0.577. The molecule has 1 unspecified atom stereocenters. The van der Waals surface area contributed by atoms with E-state index in [0.717, 1.165) is 42.9 Å². The van der Waals surface area contributed by atoms with Crippen LogP contribution < -0.4 is 0 Å². The van der Waals surface area contributed by atoms with Crippen LogP contribution in [0.3, 0.4) is 0 Å². The molecule has 1 aromatic heterocycles. The smallest absolute Gasteiger partial charge is 0.305 e. The van der Waals surface area contributed by atoms with E-state index in [0.29, 0.717) is 19.3 Å². The average Bonchev–Trinajstić information content (AvgIpc) is 3.32. The van der Waals surface area contributed by atoms with Crippen LogP contribution in [-0.2, 0) is 16.0 Å². The van der Waals surface area contributed by atoms with E-state index in [-0.39, 0.29) is 23.4 Å². The molecule has 32 heavy (non-hydrogen) atoms. The number of hydrogen-bond acceptors (Lipinski definition) is 5. The molecule has 1 fully saturated rings. The summed E-state index contributed by atoms with van der Waals surface area (Å²) in [6.07, 6.45) is 18.0. The van der Waals surface area contributed by atoms with E-state index in [9.17, 15) is 15.0 Å². The van der Waals surface area contributed by atoms with Crippen molar-refractivity contribution < 1.29 is 19.7 Å². The number of carbonyl (C=O) groups is 1. The number of aliphatic hydroxyl groups is 2. The van der Waals surface area contributed by atoms with E-state index >= 15 is 0 Å². The van der Waals surface area contributed by atoms with Gasteiger partial charge >= 0.3 is 5.97 Å². The maximum absolute atomic E-state index is 11.1. The van der Waals surface area contributed by atoms with Gasteiger partial charge in [0, 0.05) is 22.6 Å². The fourth-order valence-corrected chi connectivity index (χ4v) is 5.98. The van der Waals surface area contributed by atoms with Gasteiger partial charge in [-0.1, -0.05) is 54.0 Å². The van der Waals surface area contributed by atoms with Gasteiger partial charge in [-0.25, -0.2) is 0 Å². The lowest BCUT2D eigenvalue weighted by molar-refractivity contribution is -0.140. The molecule has 0 amide bonds. The zero-order chi connectivity index (χ0) is 23.0. The van der Waals surface area contributed by atoms with Crippen LogP contribution in [0.2, 0.25) is 4.34 Å². The summed E-state index contributed by atoms with van der Waals surface area (Å²) >= 11 is 7.69. The first kappa shape index (κ1) is 25.2. The zero-order valence-corrected chi connectivity index (χ0v) is 20.4. The van der Waals surface area contributed by atoms with E-state index in [1.54, 1.807) is 11.3 Å². The van der Waals surface area contributed by atoms with Gasteiger partial charge in [0.05, 0.1) is 23.7 Å². The Morgan fingerprint density at radius 2 is 2.16 bits per heavy atom. The number of ether oxygens (including phenoxy) is 1. The Labute approximate surface area is 200 Å². The summed E-state index contributed by atoms with van der Waals surface area (Å²) in [5, 5.41) is 21.4. The van der Waals surface area contributed by atoms with Crippen molar-refractivity contribution in [1.29, 1.82) is 0 Å². The average molecular weight is 479 g/mol. The molecule has 4 nitrogen and oxygen atoms in total. The summed E-state index contributed by atoms with van der Waals surface area (Å²) in [6.45, 7) is 0. The first-order valence-corrected chi connectivity index (χ1v) is 12.8. The van der Waals surface area contributed by atoms with Gasteiger partial charge in [0.1, 0.15) is 0 Å². The van der Waals surface area contributed by atoms with Crippen molar-refractivity contribution in [2.24, 2.45) is 11.3 Å². The molecule has 6 heteroatoms. The lowest BCUT2D eigenvalue weighted by Gasteiger charge is -2.45. The molecular weight excluding hydrogens is 444 g/mol. The van der Waals surface area contributed by atoms with Gasteiger partial charge in [-0.15, -0.1) is 11.3 Å². The van der Waals surface area contributed by atoms with Crippen molar-refractivity contribution in [3.63, 3.8) is 0 Å². The fourth-order valence-electron chi connectivity index (χ4n) is 4.73. The summed E-state index contributed by atoms with van der Waals surface area (Å²) < 4.78 is 5.45. The SMILES string of the molecule is COC(=O)CCCC=CCC1=CC[C@@H](O)[C@@H]1C=CCC(O)C1(Cc2ccc(Cl)s2)CCC1. The van der Waals surface area contributed by atoms with Crippen LogP contribution >= 0.6 is 22.9 Å². The summed E-state index contributed by atoms with van der Waals surface area (Å²) in [4.78, 5) is 12.4. The molecule has 1 saturated carbocycles. The van der Waals surface area contributed by atoms with Crippen molar-refractivity contribution in [3.8, 4) is 0 Å². The van der Waals surface area contributed by atoms with Crippen LogP contribution in [0.4, 0.5) is 0 Å². The number of aliphatic hydroxyl groups excluding tert-OH is 2. The Balaban J connectivity index is 1.47. The van der Waals surface area contributed by atoms with Crippen LogP contribution in [0.5, 0.6) is 0 Å². The zero-order valence-electron chi connectivity index (χ0n) is 18.8. The second kappa shape index (κ2) is 12.2. The van der Waals surface area contributed by atoms with Crippen molar-refractivity contribution in [3.05, 3.63) is 57.3 Å². The van der Waals surface area contributed by atoms with Crippen LogP contribution in [0.15, 0.2) is 48.1 Å². The molecule has 0 aromatic carbocycles. The van der Waals surface area contributed by atoms with E-state index < -0.39 is 6.10 Å². The molecule has 176 valence electrons. The Hall–Kier alpha value is -1.40. The predicted octanol–water partition coefficient (Wildman–Crippen LogP) is 6.02. The number of methoxy groups -OCH3 is 1. The van der Waals surface area contributed by atoms with Crippen LogP contribution in [-0.4, -0.2) is 35.5 Å². The highest BCUT2D eigenvalue weighted by molar-refractivity contribution is 7.16. The van der Waals surface area contributed by atoms with Crippen molar-refractivity contribution in [1.82, 2.24) is 0 Å². The number of hydrogen-bond donors (Lipinski definition) is 2. The highest BCUT2D eigenvalue weighted by Gasteiger charge is 2.43. The monoisotopic (exact) mass is 478 g/mol. The third-order valence-corrected chi connectivity index (χ3v) is 8.11. The largest absolute Gasteiger partial charge is 0.469 e. The van der Waals surface area contributed by atoms with Gasteiger partial charge < -0.3 is 14.9 Å². The number of allylic oxidation sites excluding steroid dienone is 2. The van der Waals surface area contributed by atoms with Gasteiger partial charge in [0.2, 0.25) is 0 Å².